The highest BCUT2D eigenvalue weighted by molar-refractivity contribution is 7.25. The summed E-state index contributed by atoms with van der Waals surface area (Å²) in [6, 6.07) is 72.6. The molecule has 11 aromatic rings. The molecular weight excluding hydrogens is 803 g/mol. The van der Waals surface area contributed by atoms with E-state index in [2.05, 4.69) is 210 Å². The van der Waals surface area contributed by atoms with E-state index in [0.29, 0.717) is 5.56 Å². The molecule has 0 spiro atoms. The van der Waals surface area contributed by atoms with Gasteiger partial charge in [0, 0.05) is 31.0 Å². The summed E-state index contributed by atoms with van der Waals surface area (Å²) in [7, 11) is 0. The first kappa shape index (κ1) is 37.9. The fraction of sp³-hybridized carbons (Fsp3) is 0.0952. The van der Waals surface area contributed by atoms with Crippen molar-refractivity contribution in [3.05, 3.63) is 216 Å². The van der Waals surface area contributed by atoms with E-state index in [1.807, 2.05) is 12.1 Å². The van der Waals surface area contributed by atoms with Crippen LogP contribution in [0.1, 0.15) is 55.5 Å². The van der Waals surface area contributed by atoms with Crippen molar-refractivity contribution in [2.24, 2.45) is 0 Å². The fourth-order valence-corrected chi connectivity index (χ4v) is 12.6. The highest BCUT2D eigenvalue weighted by Gasteiger charge is 2.37. The Morgan fingerprint density at radius 3 is 1.32 bits per heavy atom. The van der Waals surface area contributed by atoms with E-state index in [1.165, 1.54) is 125 Å². The molecule has 0 aliphatic heterocycles. The van der Waals surface area contributed by atoms with Gasteiger partial charge in [0.05, 0.1) is 11.6 Å². The summed E-state index contributed by atoms with van der Waals surface area (Å²) in [5.74, 6) is 0. The van der Waals surface area contributed by atoms with Crippen molar-refractivity contribution in [2.45, 2.75) is 38.5 Å². The molecule has 13 rings (SSSR count). The third-order valence-electron chi connectivity index (χ3n) is 14.9. The summed E-state index contributed by atoms with van der Waals surface area (Å²) in [6.07, 6.45) is 0. The Labute approximate surface area is 383 Å². The van der Waals surface area contributed by atoms with Crippen molar-refractivity contribution in [2.75, 3.05) is 0 Å². The van der Waals surface area contributed by atoms with Crippen LogP contribution in [0.25, 0.3) is 108 Å². The number of hydrogen-bond donors (Lipinski definition) is 0. The standard InChI is InChI=1S/C63H43NS/c1-62(2)54-15-9-7-11-44(54)46-26-23-42(34-56(46)62)60-48-13-5-6-14-49(48)61(43-24-27-47-45-12-8-10-16-55(45)63(3,4)57(47)35-43)53-33-40(22-28-50(53)60)38-18-20-39(21-19-38)41-25-30-59-52(32-41)51-31-37(36-64)17-29-58(51)65-59/h5-35H,1-4H3. The number of fused-ring (bicyclic) bond motifs is 11. The second-order valence-corrected chi connectivity index (χ2v) is 20.2. The molecule has 2 aliphatic carbocycles. The molecule has 65 heavy (non-hydrogen) atoms. The van der Waals surface area contributed by atoms with Gasteiger partial charge >= 0.3 is 0 Å². The minimum absolute atomic E-state index is 0.105. The van der Waals surface area contributed by atoms with Crippen molar-refractivity contribution in [1.82, 2.24) is 0 Å². The number of hydrogen-bond acceptors (Lipinski definition) is 2. The zero-order chi connectivity index (χ0) is 43.8. The van der Waals surface area contributed by atoms with E-state index in [9.17, 15) is 5.26 Å². The molecule has 10 aromatic carbocycles. The summed E-state index contributed by atoms with van der Waals surface area (Å²) in [5, 5.41) is 17.0. The van der Waals surface area contributed by atoms with Crippen LogP contribution in [0.4, 0.5) is 0 Å². The lowest BCUT2D eigenvalue weighted by Crippen LogP contribution is -2.15. The lowest BCUT2D eigenvalue weighted by Gasteiger charge is -2.24. The van der Waals surface area contributed by atoms with Gasteiger partial charge in [-0.15, -0.1) is 11.3 Å². The van der Waals surface area contributed by atoms with Gasteiger partial charge in [-0.3, -0.25) is 0 Å². The van der Waals surface area contributed by atoms with Crippen LogP contribution in [0.2, 0.25) is 0 Å². The number of rotatable bonds is 4. The third kappa shape index (κ3) is 5.49. The van der Waals surface area contributed by atoms with Crippen LogP contribution in [0.5, 0.6) is 0 Å². The zero-order valence-electron chi connectivity index (χ0n) is 36.8. The monoisotopic (exact) mass is 845 g/mol. The van der Waals surface area contributed by atoms with Gasteiger partial charge in [0.25, 0.3) is 0 Å². The van der Waals surface area contributed by atoms with E-state index < -0.39 is 0 Å². The van der Waals surface area contributed by atoms with Gasteiger partial charge < -0.3 is 0 Å². The Morgan fingerprint density at radius 1 is 0.338 bits per heavy atom. The number of nitrogens with zero attached hydrogens (tertiary/aromatic N) is 1. The SMILES string of the molecule is CC1(C)c2ccccc2-c2ccc(-c3c4ccccc4c(-c4ccc5c(c4)C(C)(C)c4ccccc4-5)c4cc(-c5ccc(-c6ccc7sc8ccc(C#N)cc8c7c6)cc5)ccc34)cc21. The molecule has 0 saturated heterocycles. The smallest absolute Gasteiger partial charge is 0.0991 e. The van der Waals surface area contributed by atoms with Crippen molar-refractivity contribution in [1.29, 1.82) is 5.26 Å². The number of benzene rings is 10. The van der Waals surface area contributed by atoms with Gasteiger partial charge in [0.2, 0.25) is 0 Å². The molecule has 0 amide bonds. The third-order valence-corrected chi connectivity index (χ3v) is 16.1. The second-order valence-electron chi connectivity index (χ2n) is 19.1. The number of thiophene rings is 1. The Hall–Kier alpha value is -7.57. The lowest BCUT2D eigenvalue weighted by atomic mass is 9.79. The van der Waals surface area contributed by atoms with Gasteiger partial charge in [0.1, 0.15) is 0 Å². The molecule has 1 nitrogen and oxygen atoms in total. The van der Waals surface area contributed by atoms with Crippen LogP contribution in [0.15, 0.2) is 188 Å². The average molecular weight is 846 g/mol. The second kappa shape index (κ2) is 13.7. The van der Waals surface area contributed by atoms with E-state index in [0.717, 1.165) is 5.39 Å². The zero-order valence-corrected chi connectivity index (χ0v) is 37.6. The normalized spacial score (nSPS) is 14.1. The van der Waals surface area contributed by atoms with Crippen LogP contribution in [-0.4, -0.2) is 0 Å². The van der Waals surface area contributed by atoms with Crippen molar-refractivity contribution in [3.63, 3.8) is 0 Å². The van der Waals surface area contributed by atoms with E-state index in [-0.39, 0.29) is 10.8 Å². The van der Waals surface area contributed by atoms with Crippen LogP contribution in [0.3, 0.4) is 0 Å². The maximum atomic E-state index is 9.62. The molecule has 1 heterocycles. The Kier molecular flexibility index (Phi) is 8.01. The topological polar surface area (TPSA) is 23.8 Å². The van der Waals surface area contributed by atoms with Crippen LogP contribution >= 0.6 is 11.3 Å². The summed E-state index contributed by atoms with van der Waals surface area (Å²) >= 11 is 1.78. The molecule has 2 heteroatoms. The largest absolute Gasteiger partial charge is 0.192 e. The summed E-state index contributed by atoms with van der Waals surface area (Å²) < 4.78 is 2.44. The minimum atomic E-state index is -0.115. The highest BCUT2D eigenvalue weighted by Crippen LogP contribution is 2.54. The van der Waals surface area contributed by atoms with Crippen molar-refractivity contribution in [3.8, 4) is 72.8 Å². The predicted molar refractivity (Wildman–Crippen MR) is 276 cm³/mol. The van der Waals surface area contributed by atoms with Crippen molar-refractivity contribution >= 4 is 53.1 Å². The van der Waals surface area contributed by atoms with Gasteiger partial charge in [-0.25, -0.2) is 0 Å². The molecular formula is C63H43NS. The lowest BCUT2D eigenvalue weighted by molar-refractivity contribution is 0.660. The predicted octanol–water partition coefficient (Wildman–Crippen LogP) is 17.5. The van der Waals surface area contributed by atoms with E-state index in [4.69, 9.17) is 0 Å². The number of nitriles is 1. The summed E-state index contributed by atoms with van der Waals surface area (Å²) in [4.78, 5) is 0. The Balaban J connectivity index is 1.00. The summed E-state index contributed by atoms with van der Waals surface area (Å²) in [6.45, 7) is 9.50. The van der Waals surface area contributed by atoms with Crippen LogP contribution < -0.4 is 0 Å². The quantitative estimate of drug-likeness (QED) is 0.162. The molecule has 0 atom stereocenters. The molecule has 0 saturated carbocycles. The molecule has 0 radical (unpaired) electrons. The van der Waals surface area contributed by atoms with Crippen LogP contribution in [0, 0.1) is 11.3 Å². The molecule has 1 aromatic heterocycles. The first-order valence-electron chi connectivity index (χ1n) is 22.6. The van der Waals surface area contributed by atoms with Crippen LogP contribution in [-0.2, 0) is 10.8 Å². The van der Waals surface area contributed by atoms with E-state index in [1.54, 1.807) is 11.3 Å². The fourth-order valence-electron chi connectivity index (χ4n) is 11.6. The maximum Gasteiger partial charge on any atom is 0.0991 e. The molecule has 2 aliphatic rings. The highest BCUT2D eigenvalue weighted by atomic mass is 32.1. The Morgan fingerprint density at radius 2 is 0.754 bits per heavy atom. The molecule has 0 N–H and O–H groups in total. The maximum absolute atomic E-state index is 9.62. The Bertz CT molecular complexity index is 3890. The average Bonchev–Trinajstić information content (AvgIpc) is 3.91. The van der Waals surface area contributed by atoms with Gasteiger partial charge in [-0.2, -0.15) is 5.26 Å². The first-order chi connectivity index (χ1) is 31.7. The van der Waals surface area contributed by atoms with Gasteiger partial charge in [0.15, 0.2) is 0 Å². The van der Waals surface area contributed by atoms with Gasteiger partial charge in [-0.1, -0.05) is 167 Å². The molecule has 0 fully saturated rings. The van der Waals surface area contributed by atoms with Crippen molar-refractivity contribution < 1.29 is 0 Å². The first-order valence-corrected chi connectivity index (χ1v) is 23.4. The summed E-state index contributed by atoms with van der Waals surface area (Å²) in [5.41, 5.74) is 21.1. The minimum Gasteiger partial charge on any atom is -0.192 e. The molecule has 306 valence electrons. The molecule has 0 unspecified atom stereocenters. The van der Waals surface area contributed by atoms with E-state index >= 15 is 0 Å². The molecule has 0 bridgehead atoms. The van der Waals surface area contributed by atoms with Gasteiger partial charge in [-0.05, 0) is 159 Å².